The molecule has 0 saturated carbocycles. The molecule has 0 fully saturated rings. The molecule has 22 heavy (non-hydrogen) atoms. The summed E-state index contributed by atoms with van der Waals surface area (Å²) >= 11 is 1.77. The van der Waals surface area contributed by atoms with Gasteiger partial charge in [-0.25, -0.2) is 4.98 Å². The summed E-state index contributed by atoms with van der Waals surface area (Å²) in [5.74, 6) is 0. The van der Waals surface area contributed by atoms with Gasteiger partial charge in [0.1, 0.15) is 5.01 Å². The number of aliphatic hydroxyl groups excluding tert-OH is 1. The van der Waals surface area contributed by atoms with Crippen molar-refractivity contribution in [3.8, 4) is 0 Å². The molecule has 5 nitrogen and oxygen atoms in total. The third-order valence-electron chi connectivity index (χ3n) is 4.00. The summed E-state index contributed by atoms with van der Waals surface area (Å²) < 4.78 is 3.28. The second-order valence-electron chi connectivity index (χ2n) is 5.65. The predicted octanol–water partition coefficient (Wildman–Crippen LogP) is 2.39. The van der Waals surface area contributed by atoms with Gasteiger partial charge in [0.2, 0.25) is 0 Å². The van der Waals surface area contributed by atoms with E-state index in [4.69, 9.17) is 4.98 Å². The first kappa shape index (κ1) is 13.9. The number of hydrogen-bond acceptors (Lipinski definition) is 5. The van der Waals surface area contributed by atoms with Gasteiger partial charge in [0.25, 0.3) is 0 Å². The fourth-order valence-electron chi connectivity index (χ4n) is 2.98. The van der Waals surface area contributed by atoms with Crippen LogP contribution in [-0.2, 0) is 26.2 Å². The Morgan fingerprint density at radius 1 is 1.23 bits per heavy atom. The molecule has 3 heterocycles. The Bertz CT molecular complexity index is 761. The van der Waals surface area contributed by atoms with Crippen LogP contribution in [0.4, 0.5) is 0 Å². The summed E-state index contributed by atoms with van der Waals surface area (Å²) in [5, 5.41) is 14.8. The number of rotatable bonds is 3. The average molecular weight is 314 g/mol. The second kappa shape index (κ2) is 5.79. The first-order chi connectivity index (χ1) is 10.8. The van der Waals surface area contributed by atoms with Crippen LogP contribution in [0.1, 0.15) is 22.8 Å². The van der Waals surface area contributed by atoms with Crippen LogP contribution < -0.4 is 0 Å². The molecule has 114 valence electrons. The molecular weight excluding hydrogens is 296 g/mol. The predicted molar refractivity (Wildman–Crippen MR) is 86.5 cm³/mol. The summed E-state index contributed by atoms with van der Waals surface area (Å²) in [4.78, 5) is 7.15. The van der Waals surface area contributed by atoms with Gasteiger partial charge >= 0.3 is 0 Å². The van der Waals surface area contributed by atoms with Crippen LogP contribution in [0.3, 0.4) is 0 Å². The monoisotopic (exact) mass is 314 g/mol. The maximum Gasteiger partial charge on any atom is 0.108 e. The van der Waals surface area contributed by atoms with Crippen LogP contribution in [0.5, 0.6) is 0 Å². The number of thiazole rings is 1. The number of nitrogens with zero attached hydrogens (tertiary/aromatic N) is 4. The second-order valence-corrected chi connectivity index (χ2v) is 6.76. The molecule has 1 aliphatic rings. The van der Waals surface area contributed by atoms with Gasteiger partial charge in [-0.2, -0.15) is 5.10 Å². The normalized spacial score (nSPS) is 15.9. The van der Waals surface area contributed by atoms with E-state index in [1.165, 1.54) is 10.4 Å². The van der Waals surface area contributed by atoms with E-state index >= 15 is 0 Å². The minimum atomic E-state index is 0.0118. The topological polar surface area (TPSA) is 54.2 Å². The Morgan fingerprint density at radius 2 is 2.14 bits per heavy atom. The lowest BCUT2D eigenvalue weighted by atomic mass is 10.3. The first-order valence-corrected chi connectivity index (χ1v) is 8.37. The lowest BCUT2D eigenvalue weighted by Crippen LogP contribution is -2.22. The largest absolute Gasteiger partial charge is 0.390 e. The Morgan fingerprint density at radius 3 is 3.00 bits per heavy atom. The van der Waals surface area contributed by atoms with E-state index < -0.39 is 0 Å². The number of aromatic nitrogens is 3. The third kappa shape index (κ3) is 2.65. The number of para-hydroxylation sites is 1. The zero-order valence-corrected chi connectivity index (χ0v) is 13.1. The van der Waals surface area contributed by atoms with E-state index in [0.717, 1.165) is 48.8 Å². The fourth-order valence-corrected chi connectivity index (χ4v) is 3.99. The van der Waals surface area contributed by atoms with E-state index in [2.05, 4.69) is 28.2 Å². The SMILES string of the molecule is OCc1cc2n(n1)CCCN(Cc1nc3ccccc3s1)C2. The van der Waals surface area contributed by atoms with Gasteiger partial charge in [-0.1, -0.05) is 12.1 Å². The number of benzene rings is 1. The summed E-state index contributed by atoms with van der Waals surface area (Å²) in [5.41, 5.74) is 3.03. The molecular formula is C16H18N4OS. The van der Waals surface area contributed by atoms with E-state index in [0.29, 0.717) is 0 Å². The quantitative estimate of drug-likeness (QED) is 0.806. The van der Waals surface area contributed by atoms with Crippen molar-refractivity contribution in [1.82, 2.24) is 19.7 Å². The summed E-state index contributed by atoms with van der Waals surface area (Å²) in [6, 6.07) is 10.3. The molecule has 1 aromatic carbocycles. The summed E-state index contributed by atoms with van der Waals surface area (Å²) in [7, 11) is 0. The van der Waals surface area contributed by atoms with Crippen molar-refractivity contribution in [3.63, 3.8) is 0 Å². The molecule has 1 N–H and O–H groups in total. The van der Waals surface area contributed by atoms with Gasteiger partial charge < -0.3 is 5.11 Å². The molecule has 1 aliphatic heterocycles. The summed E-state index contributed by atoms with van der Waals surface area (Å²) in [6.45, 7) is 3.72. The van der Waals surface area contributed by atoms with Crippen LogP contribution in [0.2, 0.25) is 0 Å². The van der Waals surface area contributed by atoms with Gasteiger partial charge in [0.15, 0.2) is 0 Å². The van der Waals surface area contributed by atoms with Crippen molar-refractivity contribution in [1.29, 1.82) is 0 Å². The van der Waals surface area contributed by atoms with Gasteiger partial charge in [-0.3, -0.25) is 9.58 Å². The number of hydrogen-bond donors (Lipinski definition) is 1. The molecule has 0 atom stereocenters. The highest BCUT2D eigenvalue weighted by Gasteiger charge is 2.17. The molecule has 0 saturated heterocycles. The Balaban J connectivity index is 1.54. The van der Waals surface area contributed by atoms with E-state index in [9.17, 15) is 5.11 Å². The Kier molecular flexibility index (Phi) is 3.65. The minimum Gasteiger partial charge on any atom is -0.390 e. The Labute approximate surface area is 132 Å². The van der Waals surface area contributed by atoms with E-state index in [1.807, 2.05) is 16.8 Å². The van der Waals surface area contributed by atoms with Gasteiger partial charge in [0.05, 0.1) is 34.8 Å². The highest BCUT2D eigenvalue weighted by Crippen LogP contribution is 2.24. The number of aryl methyl sites for hydroxylation is 1. The fraction of sp³-hybridized carbons (Fsp3) is 0.375. The van der Waals surface area contributed by atoms with Gasteiger partial charge in [-0.15, -0.1) is 11.3 Å². The molecule has 0 unspecified atom stereocenters. The summed E-state index contributed by atoms with van der Waals surface area (Å²) in [6.07, 6.45) is 1.07. The van der Waals surface area contributed by atoms with E-state index in [1.54, 1.807) is 11.3 Å². The molecule has 3 aromatic rings. The number of fused-ring (bicyclic) bond motifs is 2. The molecule has 0 amide bonds. The van der Waals surface area contributed by atoms with Crippen LogP contribution in [-0.4, -0.2) is 31.3 Å². The average Bonchev–Trinajstić information content (AvgIpc) is 3.06. The number of aliphatic hydroxyl groups is 1. The van der Waals surface area contributed by atoms with Gasteiger partial charge in [0, 0.05) is 19.6 Å². The third-order valence-corrected chi connectivity index (χ3v) is 5.02. The van der Waals surface area contributed by atoms with Crippen molar-refractivity contribution in [3.05, 3.63) is 46.7 Å². The van der Waals surface area contributed by atoms with Crippen LogP contribution >= 0.6 is 11.3 Å². The Hall–Kier alpha value is -1.76. The van der Waals surface area contributed by atoms with Crippen LogP contribution in [0.25, 0.3) is 10.2 Å². The van der Waals surface area contributed by atoms with E-state index in [-0.39, 0.29) is 6.61 Å². The van der Waals surface area contributed by atoms with Crippen LogP contribution in [0, 0.1) is 0 Å². The highest BCUT2D eigenvalue weighted by molar-refractivity contribution is 7.18. The standard InChI is InChI=1S/C16H18N4OS/c21-11-12-8-13-9-19(6-3-7-20(13)18-12)10-16-17-14-4-1-2-5-15(14)22-16/h1-2,4-5,8,21H,3,6-7,9-11H2. The minimum absolute atomic E-state index is 0.0118. The first-order valence-electron chi connectivity index (χ1n) is 7.55. The highest BCUT2D eigenvalue weighted by atomic mass is 32.1. The maximum absolute atomic E-state index is 9.24. The van der Waals surface area contributed by atoms with Crippen molar-refractivity contribution in [2.24, 2.45) is 0 Å². The van der Waals surface area contributed by atoms with Crippen molar-refractivity contribution in [2.75, 3.05) is 6.54 Å². The molecule has 0 aliphatic carbocycles. The van der Waals surface area contributed by atoms with Gasteiger partial charge in [-0.05, 0) is 24.6 Å². The van der Waals surface area contributed by atoms with Crippen LogP contribution in [0.15, 0.2) is 30.3 Å². The molecule has 4 rings (SSSR count). The maximum atomic E-state index is 9.24. The lowest BCUT2D eigenvalue weighted by Gasteiger charge is -2.17. The zero-order valence-electron chi connectivity index (χ0n) is 12.3. The molecule has 0 bridgehead atoms. The molecule has 0 spiro atoms. The molecule has 0 radical (unpaired) electrons. The molecule has 6 heteroatoms. The van der Waals surface area contributed by atoms with Crippen molar-refractivity contribution in [2.45, 2.75) is 32.7 Å². The molecule has 2 aromatic heterocycles. The smallest absolute Gasteiger partial charge is 0.108 e. The lowest BCUT2D eigenvalue weighted by molar-refractivity contribution is 0.259. The van der Waals surface area contributed by atoms with Crippen molar-refractivity contribution < 1.29 is 5.11 Å². The van der Waals surface area contributed by atoms with Crippen molar-refractivity contribution >= 4 is 21.6 Å². The zero-order chi connectivity index (χ0) is 14.9.